The van der Waals surface area contributed by atoms with E-state index in [2.05, 4.69) is 16.6 Å². The number of carbonyl (C=O) groups excluding carboxylic acids is 1. The first-order chi connectivity index (χ1) is 5.13. The number of primary amides is 1. The van der Waals surface area contributed by atoms with Crippen molar-refractivity contribution in [1.29, 1.82) is 0 Å². The molecule has 0 atom stereocenters. The second-order valence-corrected chi connectivity index (χ2v) is 2.40. The van der Waals surface area contributed by atoms with Crippen LogP contribution in [0, 0.1) is 0 Å². The summed E-state index contributed by atoms with van der Waals surface area (Å²) >= 11 is 5.43. The third-order valence-electron chi connectivity index (χ3n) is 0.840. The molecule has 0 aliphatic rings. The molecule has 4 nitrogen and oxygen atoms in total. The zero-order chi connectivity index (χ0) is 8.69. The first-order valence-corrected chi connectivity index (χ1v) is 3.47. The highest BCUT2D eigenvalue weighted by Gasteiger charge is 1.92. The summed E-state index contributed by atoms with van der Waals surface area (Å²) in [5, 5.41) is 3.39. The molecule has 0 aromatic carbocycles. The van der Waals surface area contributed by atoms with Crippen molar-refractivity contribution >= 4 is 17.7 Å². The average molecular weight is 179 g/mol. The van der Waals surface area contributed by atoms with Crippen LogP contribution in [0.1, 0.15) is 0 Å². The summed E-state index contributed by atoms with van der Waals surface area (Å²) in [5.41, 5.74) is 4.70. The van der Waals surface area contributed by atoms with Crippen molar-refractivity contribution in [3.05, 3.63) is 11.6 Å². The molecule has 0 saturated carbocycles. The number of nitrogens with two attached hydrogens (primary N) is 1. The van der Waals surface area contributed by atoms with Crippen LogP contribution in [-0.2, 0) is 4.74 Å². The van der Waals surface area contributed by atoms with Gasteiger partial charge < -0.3 is 15.8 Å². The van der Waals surface area contributed by atoms with Gasteiger partial charge in [-0.2, -0.15) is 0 Å². The summed E-state index contributed by atoms with van der Waals surface area (Å²) in [5.74, 6) is 0. The van der Waals surface area contributed by atoms with E-state index in [9.17, 15) is 4.79 Å². The topological polar surface area (TPSA) is 64.3 Å². The smallest absolute Gasteiger partial charge is 0.404 e. The Morgan fingerprint density at radius 2 is 2.36 bits per heavy atom. The average Bonchev–Trinajstić information content (AvgIpc) is 1.85. The Hall–Kier alpha value is -0.740. The van der Waals surface area contributed by atoms with E-state index in [1.807, 2.05) is 0 Å². The van der Waals surface area contributed by atoms with Gasteiger partial charge in [-0.1, -0.05) is 18.2 Å². The fourth-order valence-electron chi connectivity index (χ4n) is 0.448. The number of hydrogen-bond acceptors (Lipinski definition) is 3. The zero-order valence-corrected chi connectivity index (χ0v) is 6.86. The predicted octanol–water partition coefficient (Wildman–Crippen LogP) is 0.424. The molecule has 0 saturated heterocycles. The molecular formula is C6H11ClN2O2. The van der Waals surface area contributed by atoms with Gasteiger partial charge in [0.2, 0.25) is 0 Å². The number of ether oxygens (including phenoxy) is 1. The number of amides is 1. The van der Waals surface area contributed by atoms with Crippen LogP contribution in [0.4, 0.5) is 4.79 Å². The van der Waals surface area contributed by atoms with Crippen molar-refractivity contribution < 1.29 is 9.53 Å². The molecule has 5 heteroatoms. The lowest BCUT2D eigenvalue weighted by molar-refractivity contribution is 0.157. The van der Waals surface area contributed by atoms with E-state index in [1.54, 1.807) is 0 Å². The van der Waals surface area contributed by atoms with E-state index in [1.165, 1.54) is 0 Å². The fraction of sp³-hybridized carbons (Fsp3) is 0.500. The molecule has 0 rings (SSSR count). The summed E-state index contributed by atoms with van der Waals surface area (Å²) in [4.78, 5) is 10.0. The van der Waals surface area contributed by atoms with E-state index < -0.39 is 6.09 Å². The fourth-order valence-corrected chi connectivity index (χ4v) is 0.542. The number of rotatable bonds is 5. The molecule has 0 aliphatic carbocycles. The van der Waals surface area contributed by atoms with E-state index in [4.69, 9.17) is 17.3 Å². The number of hydrogen-bond donors (Lipinski definition) is 2. The van der Waals surface area contributed by atoms with Gasteiger partial charge >= 0.3 is 6.09 Å². The number of carbonyl (C=O) groups is 1. The van der Waals surface area contributed by atoms with Gasteiger partial charge in [-0.05, 0) is 0 Å². The molecule has 11 heavy (non-hydrogen) atoms. The Balaban J connectivity index is 3.03. The molecule has 64 valence electrons. The SMILES string of the molecule is C=C(Cl)CNCCOC(N)=O. The maximum Gasteiger partial charge on any atom is 0.404 e. The van der Waals surface area contributed by atoms with Crippen LogP contribution in [0.5, 0.6) is 0 Å². The molecule has 3 N–H and O–H groups in total. The molecule has 0 aromatic heterocycles. The normalized spacial score (nSPS) is 9.18. The molecular weight excluding hydrogens is 168 g/mol. The summed E-state index contributed by atoms with van der Waals surface area (Å²) in [6.07, 6.45) is -0.767. The van der Waals surface area contributed by atoms with Crippen LogP contribution in [-0.4, -0.2) is 25.8 Å². The van der Waals surface area contributed by atoms with Gasteiger partial charge in [-0.25, -0.2) is 4.79 Å². The second-order valence-electron chi connectivity index (χ2n) is 1.86. The summed E-state index contributed by atoms with van der Waals surface area (Å²) in [7, 11) is 0. The van der Waals surface area contributed by atoms with Gasteiger partial charge in [0.25, 0.3) is 0 Å². The van der Waals surface area contributed by atoms with Crippen LogP contribution in [0.25, 0.3) is 0 Å². The Bertz CT molecular complexity index is 134. The molecule has 1 amide bonds. The van der Waals surface area contributed by atoms with Crippen molar-refractivity contribution in [3.8, 4) is 0 Å². The van der Waals surface area contributed by atoms with Gasteiger partial charge in [0.05, 0.1) is 0 Å². The van der Waals surface area contributed by atoms with Gasteiger partial charge in [0, 0.05) is 18.1 Å². The van der Waals surface area contributed by atoms with Crippen molar-refractivity contribution in [2.75, 3.05) is 19.7 Å². The van der Waals surface area contributed by atoms with Crippen molar-refractivity contribution in [3.63, 3.8) is 0 Å². The van der Waals surface area contributed by atoms with E-state index >= 15 is 0 Å². The highest BCUT2D eigenvalue weighted by atomic mass is 35.5. The monoisotopic (exact) mass is 178 g/mol. The molecule has 0 bridgehead atoms. The molecule has 0 unspecified atom stereocenters. The Labute approximate surface area is 70.3 Å². The second kappa shape index (κ2) is 6.00. The van der Waals surface area contributed by atoms with Crippen LogP contribution < -0.4 is 11.1 Å². The van der Waals surface area contributed by atoms with Gasteiger partial charge in [0.15, 0.2) is 0 Å². The van der Waals surface area contributed by atoms with E-state index in [0.29, 0.717) is 18.1 Å². The first-order valence-electron chi connectivity index (χ1n) is 3.09. The molecule has 0 heterocycles. The lowest BCUT2D eigenvalue weighted by Gasteiger charge is -2.02. The largest absolute Gasteiger partial charge is 0.448 e. The highest BCUT2D eigenvalue weighted by molar-refractivity contribution is 6.29. The lowest BCUT2D eigenvalue weighted by Crippen LogP contribution is -2.24. The van der Waals surface area contributed by atoms with Gasteiger partial charge in [-0.15, -0.1) is 0 Å². The van der Waals surface area contributed by atoms with Crippen molar-refractivity contribution in [1.82, 2.24) is 5.32 Å². The quantitative estimate of drug-likeness (QED) is 0.600. The molecule has 0 aliphatic heterocycles. The maximum absolute atomic E-state index is 10.0. The molecule has 0 fully saturated rings. The van der Waals surface area contributed by atoms with Crippen LogP contribution in [0.2, 0.25) is 0 Å². The molecule has 0 radical (unpaired) electrons. The minimum atomic E-state index is -0.767. The van der Waals surface area contributed by atoms with Crippen LogP contribution in [0.15, 0.2) is 11.6 Å². The van der Waals surface area contributed by atoms with Crippen molar-refractivity contribution in [2.24, 2.45) is 5.73 Å². The Morgan fingerprint density at radius 3 is 2.82 bits per heavy atom. The summed E-state index contributed by atoms with van der Waals surface area (Å²) in [6, 6.07) is 0. The third kappa shape index (κ3) is 9.26. The van der Waals surface area contributed by atoms with Crippen LogP contribution in [0.3, 0.4) is 0 Å². The molecule has 0 spiro atoms. The number of halogens is 1. The third-order valence-corrected chi connectivity index (χ3v) is 0.974. The Kier molecular flexibility index (Phi) is 5.60. The Morgan fingerprint density at radius 1 is 1.73 bits per heavy atom. The minimum Gasteiger partial charge on any atom is -0.448 e. The van der Waals surface area contributed by atoms with E-state index in [-0.39, 0.29) is 6.61 Å². The molecule has 0 aromatic rings. The first kappa shape index (κ1) is 10.3. The standard InChI is InChI=1S/C6H11ClN2O2/c1-5(7)4-9-2-3-11-6(8)10/h9H,1-4H2,(H2,8,10). The summed E-state index contributed by atoms with van der Waals surface area (Å²) < 4.78 is 4.43. The zero-order valence-electron chi connectivity index (χ0n) is 6.10. The highest BCUT2D eigenvalue weighted by Crippen LogP contribution is 1.91. The maximum atomic E-state index is 10.0. The summed E-state index contributed by atoms with van der Waals surface area (Å²) in [6.45, 7) is 4.73. The van der Waals surface area contributed by atoms with Crippen LogP contribution >= 0.6 is 11.6 Å². The lowest BCUT2D eigenvalue weighted by atomic mass is 10.6. The van der Waals surface area contributed by atoms with Gasteiger partial charge in [0.1, 0.15) is 6.61 Å². The predicted molar refractivity (Wildman–Crippen MR) is 43.4 cm³/mol. The van der Waals surface area contributed by atoms with Crippen molar-refractivity contribution in [2.45, 2.75) is 0 Å². The number of nitrogens with one attached hydrogen (secondary N) is 1. The minimum absolute atomic E-state index is 0.250. The van der Waals surface area contributed by atoms with E-state index in [0.717, 1.165) is 0 Å². The van der Waals surface area contributed by atoms with Gasteiger partial charge in [-0.3, -0.25) is 0 Å².